The monoisotopic (exact) mass is 857 g/mol. The molecule has 0 saturated heterocycles. The fourth-order valence-corrected chi connectivity index (χ4v) is 14.7. The van der Waals surface area contributed by atoms with Crippen LogP contribution in [0.2, 0.25) is 0 Å². The van der Waals surface area contributed by atoms with Crippen LogP contribution >= 0.6 is 22.7 Å². The van der Waals surface area contributed by atoms with Crippen LogP contribution in [0.4, 0.5) is 0 Å². The van der Waals surface area contributed by atoms with Crippen molar-refractivity contribution < 1.29 is 0 Å². The summed E-state index contributed by atoms with van der Waals surface area (Å²) in [5.41, 5.74) is 13.1. The highest BCUT2D eigenvalue weighted by Gasteiger charge is 2.50. The summed E-state index contributed by atoms with van der Waals surface area (Å²) in [5.74, 6) is 3.45. The Bertz CT molecular complexity index is 2210. The first-order valence-corrected chi connectivity index (χ1v) is 27.5. The predicted molar refractivity (Wildman–Crippen MR) is 276 cm³/mol. The van der Waals surface area contributed by atoms with Crippen molar-refractivity contribution in [3.8, 4) is 22.3 Å². The first kappa shape index (κ1) is 46.6. The van der Waals surface area contributed by atoms with Gasteiger partial charge < -0.3 is 0 Å². The molecule has 3 aromatic carbocycles. The molecule has 0 radical (unpaired) electrons. The smallest absolute Gasteiger partial charge is 0.0352 e. The van der Waals surface area contributed by atoms with E-state index in [2.05, 4.69) is 136 Å². The maximum atomic E-state index is 2.89. The number of aryl methyl sites for hydroxylation is 1. The molecular formula is C59H84S2. The number of benzene rings is 3. The molecule has 5 aromatic rings. The highest BCUT2D eigenvalue weighted by molar-refractivity contribution is 7.19. The number of thiophene rings is 2. The van der Waals surface area contributed by atoms with E-state index in [0.29, 0.717) is 5.92 Å². The molecule has 61 heavy (non-hydrogen) atoms. The maximum absolute atomic E-state index is 2.89. The summed E-state index contributed by atoms with van der Waals surface area (Å²) in [5, 5.41) is 2.96. The van der Waals surface area contributed by atoms with Crippen molar-refractivity contribution in [1.29, 1.82) is 0 Å². The van der Waals surface area contributed by atoms with Gasteiger partial charge in [-0.2, -0.15) is 0 Å². The summed E-state index contributed by atoms with van der Waals surface area (Å²) in [7, 11) is 0. The summed E-state index contributed by atoms with van der Waals surface area (Å²) in [6.45, 7) is 26.7. The van der Waals surface area contributed by atoms with E-state index in [1.54, 1.807) is 44.5 Å². The van der Waals surface area contributed by atoms with Gasteiger partial charge in [-0.05, 0) is 166 Å². The normalized spacial score (nSPS) is 20.0. The van der Waals surface area contributed by atoms with E-state index in [1.165, 1.54) is 152 Å². The zero-order chi connectivity index (χ0) is 43.5. The van der Waals surface area contributed by atoms with Crippen LogP contribution in [0.15, 0.2) is 48.5 Å². The van der Waals surface area contributed by atoms with Gasteiger partial charge in [-0.3, -0.25) is 0 Å². The highest BCUT2D eigenvalue weighted by atomic mass is 32.1. The van der Waals surface area contributed by atoms with Gasteiger partial charge in [-0.25, -0.2) is 0 Å². The molecule has 2 aromatic heterocycles. The van der Waals surface area contributed by atoms with E-state index in [0.717, 1.165) is 23.7 Å². The van der Waals surface area contributed by atoms with Crippen LogP contribution < -0.4 is 0 Å². The number of hydrogen-bond acceptors (Lipinski definition) is 2. The summed E-state index contributed by atoms with van der Waals surface area (Å²) in [4.78, 5) is 2.97. The van der Waals surface area contributed by atoms with Crippen LogP contribution in [-0.2, 0) is 10.8 Å². The second kappa shape index (κ2) is 20.2. The van der Waals surface area contributed by atoms with E-state index >= 15 is 0 Å². The van der Waals surface area contributed by atoms with Gasteiger partial charge in [-0.1, -0.05) is 166 Å². The number of unbranched alkanes of at least 4 members (excludes halogenated alkanes) is 3. The SMILES string of the molecule is CCCCC(CC)CC1(CC(CC)CCC)c2cc3c(cc2-c2cc4sc(C(C)C)cc4cc21)C(CC(CC)CCCC)(CC(CC)CCCC)c1cc2cc(C)sc2cc1-3. The molecule has 0 N–H and O–H groups in total. The average Bonchev–Trinajstić information content (AvgIpc) is 3.98. The molecule has 5 atom stereocenters. The van der Waals surface area contributed by atoms with Crippen molar-refractivity contribution in [3.63, 3.8) is 0 Å². The van der Waals surface area contributed by atoms with Crippen LogP contribution in [0.1, 0.15) is 229 Å². The largest absolute Gasteiger partial charge is 0.141 e. The first-order valence-electron chi connectivity index (χ1n) is 25.8. The third-order valence-corrected chi connectivity index (χ3v) is 18.7. The van der Waals surface area contributed by atoms with Crippen LogP contribution in [0, 0.1) is 30.6 Å². The molecule has 2 aliphatic carbocycles. The van der Waals surface area contributed by atoms with E-state index in [4.69, 9.17) is 0 Å². The summed E-state index contributed by atoms with van der Waals surface area (Å²) >= 11 is 4.07. The number of fused-ring (bicyclic) bond motifs is 8. The van der Waals surface area contributed by atoms with Crippen molar-refractivity contribution >= 4 is 42.8 Å². The van der Waals surface area contributed by atoms with Crippen molar-refractivity contribution in [2.24, 2.45) is 23.7 Å². The Balaban J connectivity index is 1.58. The Hall–Kier alpha value is -2.42. The second-order valence-electron chi connectivity index (χ2n) is 20.8. The zero-order valence-electron chi connectivity index (χ0n) is 40.8. The minimum Gasteiger partial charge on any atom is -0.141 e. The molecule has 5 unspecified atom stereocenters. The molecule has 0 aliphatic heterocycles. The van der Waals surface area contributed by atoms with Gasteiger partial charge in [0, 0.05) is 30.0 Å². The lowest BCUT2D eigenvalue weighted by Gasteiger charge is -2.40. The van der Waals surface area contributed by atoms with E-state index in [-0.39, 0.29) is 10.8 Å². The average molecular weight is 857 g/mol. The Morgan fingerprint density at radius 2 is 0.803 bits per heavy atom. The van der Waals surface area contributed by atoms with Gasteiger partial charge in [0.15, 0.2) is 0 Å². The molecule has 0 spiro atoms. The molecule has 7 rings (SSSR count). The van der Waals surface area contributed by atoms with Crippen LogP contribution in [0.5, 0.6) is 0 Å². The third kappa shape index (κ3) is 9.00. The molecule has 0 saturated carbocycles. The lowest BCUT2D eigenvalue weighted by Crippen LogP contribution is -2.32. The van der Waals surface area contributed by atoms with Gasteiger partial charge >= 0.3 is 0 Å². The zero-order valence-corrected chi connectivity index (χ0v) is 42.4. The maximum Gasteiger partial charge on any atom is 0.0352 e. The van der Waals surface area contributed by atoms with Crippen LogP contribution in [0.3, 0.4) is 0 Å². The molecule has 0 amide bonds. The summed E-state index contributed by atoms with van der Waals surface area (Å²) in [6, 6.07) is 21.7. The third-order valence-electron chi connectivity index (χ3n) is 16.3. The predicted octanol–water partition coefficient (Wildman–Crippen LogP) is 20.1. The minimum atomic E-state index is 0.0211. The van der Waals surface area contributed by atoms with Gasteiger partial charge in [0.25, 0.3) is 0 Å². The number of rotatable bonds is 24. The molecule has 2 aliphatic rings. The minimum absolute atomic E-state index is 0.0211. The fraction of sp³-hybridized carbons (Fsp3) is 0.627. The van der Waals surface area contributed by atoms with E-state index in [9.17, 15) is 0 Å². The Labute approximate surface area is 382 Å². The van der Waals surface area contributed by atoms with Crippen molar-refractivity contribution in [3.05, 3.63) is 80.5 Å². The van der Waals surface area contributed by atoms with Gasteiger partial charge in [0.2, 0.25) is 0 Å². The van der Waals surface area contributed by atoms with Crippen LogP contribution in [0.25, 0.3) is 42.4 Å². The Morgan fingerprint density at radius 3 is 1.20 bits per heavy atom. The van der Waals surface area contributed by atoms with Gasteiger partial charge in [0.05, 0.1) is 0 Å². The Morgan fingerprint density at radius 1 is 0.426 bits per heavy atom. The summed E-state index contributed by atoms with van der Waals surface area (Å²) < 4.78 is 2.97. The van der Waals surface area contributed by atoms with Crippen LogP contribution in [-0.4, -0.2) is 0 Å². The quantitative estimate of drug-likeness (QED) is 0.0580. The van der Waals surface area contributed by atoms with Gasteiger partial charge in [0.1, 0.15) is 0 Å². The van der Waals surface area contributed by atoms with Gasteiger partial charge in [-0.15, -0.1) is 22.7 Å². The molecule has 0 bridgehead atoms. The van der Waals surface area contributed by atoms with E-state index in [1.807, 2.05) is 11.3 Å². The standard InChI is InChI=1S/C59H84S2/c1-12-20-24-42(17-6)36-58(35-41(16-5)23-15-4)52-29-46-30-55(39(9)10)61-57(46)34-50(52)48-32-54-47(31-53(48)58)49-33-56-45(27-40(11)60-56)28-51(49)59(54,37-43(18-7)25-21-13-2)38-44(19-8)26-22-14-3/h27-34,39,41-44H,12-26,35-38H2,1-11H3. The molecule has 2 heterocycles. The molecular weight excluding hydrogens is 773 g/mol. The molecule has 0 nitrogen and oxygen atoms in total. The molecule has 332 valence electrons. The Kier molecular flexibility index (Phi) is 15.4. The number of hydrogen-bond donors (Lipinski definition) is 0. The molecule has 0 fully saturated rings. The topological polar surface area (TPSA) is 0 Å². The van der Waals surface area contributed by atoms with E-state index < -0.39 is 0 Å². The van der Waals surface area contributed by atoms with Crippen molar-refractivity contribution in [2.75, 3.05) is 0 Å². The van der Waals surface area contributed by atoms with Crippen molar-refractivity contribution in [2.45, 2.75) is 215 Å². The van der Waals surface area contributed by atoms with Crippen molar-refractivity contribution in [1.82, 2.24) is 0 Å². The fourth-order valence-electron chi connectivity index (χ4n) is 12.7. The summed E-state index contributed by atoms with van der Waals surface area (Å²) in [6.07, 6.45) is 24.7. The first-order chi connectivity index (χ1) is 29.5. The second-order valence-corrected chi connectivity index (χ2v) is 23.2. The molecule has 2 heteroatoms. The lowest BCUT2D eigenvalue weighted by atomic mass is 9.63. The highest BCUT2D eigenvalue weighted by Crippen LogP contribution is 2.63. The lowest BCUT2D eigenvalue weighted by molar-refractivity contribution is 0.265.